The number of nitrogens with zero attached hydrogens (tertiary/aromatic N) is 3. The van der Waals surface area contributed by atoms with Crippen LogP contribution in [-0.2, 0) is 11.8 Å². The molecule has 7 nitrogen and oxygen atoms in total. The number of benzene rings is 1. The fraction of sp³-hybridized carbons (Fsp3) is 0.474. The van der Waals surface area contributed by atoms with E-state index in [9.17, 15) is 14.3 Å². The number of aromatic nitrogens is 2. The molecule has 0 bridgehead atoms. The second-order valence-electron chi connectivity index (χ2n) is 7.02. The van der Waals surface area contributed by atoms with Crippen LogP contribution in [0.5, 0.6) is 5.75 Å². The Morgan fingerprint density at radius 1 is 1.30 bits per heavy atom. The number of carbonyl (C=O) groups is 1. The van der Waals surface area contributed by atoms with E-state index in [4.69, 9.17) is 4.74 Å². The van der Waals surface area contributed by atoms with Gasteiger partial charge in [-0.05, 0) is 50.1 Å². The van der Waals surface area contributed by atoms with Crippen molar-refractivity contribution in [1.82, 2.24) is 14.7 Å². The Kier molecular flexibility index (Phi) is 6.08. The second-order valence-corrected chi connectivity index (χ2v) is 7.02. The summed E-state index contributed by atoms with van der Waals surface area (Å²) in [6.45, 7) is 1.73. The Balaban J connectivity index is 1.47. The summed E-state index contributed by atoms with van der Waals surface area (Å²) in [5.74, 6) is 0.610. The topological polar surface area (TPSA) is 79.6 Å². The van der Waals surface area contributed by atoms with Crippen LogP contribution in [0.1, 0.15) is 19.3 Å². The van der Waals surface area contributed by atoms with Crippen molar-refractivity contribution >= 4 is 11.7 Å². The van der Waals surface area contributed by atoms with Crippen LogP contribution in [0.25, 0.3) is 0 Å². The minimum absolute atomic E-state index is 0.123. The lowest BCUT2D eigenvalue weighted by atomic mass is 9.96. The summed E-state index contributed by atoms with van der Waals surface area (Å²) >= 11 is 0. The van der Waals surface area contributed by atoms with Gasteiger partial charge in [0.1, 0.15) is 18.2 Å². The number of halogens is 1. The minimum atomic E-state index is -0.958. The van der Waals surface area contributed by atoms with Crippen LogP contribution >= 0.6 is 0 Å². The van der Waals surface area contributed by atoms with E-state index in [1.807, 2.05) is 4.90 Å². The first-order valence-corrected chi connectivity index (χ1v) is 9.04. The standard InChI is InChI=1S/C19H25FN4O3/c1-23-11-7-17(22-23)21-18(25)13-24-10-2-8-19(26,9-12-24)14-27-16-5-3-15(20)4-6-16/h3-7,11,26H,2,8-10,12-14H2,1H3,(H,21,22,25). The molecule has 2 aromatic rings. The average Bonchev–Trinajstić information content (AvgIpc) is 2.94. The van der Waals surface area contributed by atoms with Gasteiger partial charge in [0.25, 0.3) is 0 Å². The highest BCUT2D eigenvalue weighted by molar-refractivity contribution is 5.91. The van der Waals surface area contributed by atoms with E-state index in [-0.39, 0.29) is 24.9 Å². The number of hydrogen-bond donors (Lipinski definition) is 2. The van der Waals surface area contributed by atoms with Crippen LogP contribution in [0.4, 0.5) is 10.2 Å². The van der Waals surface area contributed by atoms with Crippen molar-refractivity contribution in [2.75, 3.05) is 31.6 Å². The second kappa shape index (κ2) is 8.49. The predicted octanol–water partition coefficient (Wildman–Crippen LogP) is 1.79. The van der Waals surface area contributed by atoms with Crippen LogP contribution in [0.2, 0.25) is 0 Å². The highest BCUT2D eigenvalue weighted by atomic mass is 19.1. The molecule has 1 amide bonds. The lowest BCUT2D eigenvalue weighted by Crippen LogP contribution is -2.38. The molecule has 146 valence electrons. The van der Waals surface area contributed by atoms with Gasteiger partial charge in [0.2, 0.25) is 5.91 Å². The molecule has 8 heteroatoms. The van der Waals surface area contributed by atoms with Crippen LogP contribution in [0.3, 0.4) is 0 Å². The first-order valence-electron chi connectivity index (χ1n) is 9.04. The summed E-state index contributed by atoms with van der Waals surface area (Å²) in [5.41, 5.74) is -0.958. The van der Waals surface area contributed by atoms with E-state index in [2.05, 4.69) is 10.4 Å². The first kappa shape index (κ1) is 19.3. The number of rotatable bonds is 6. The number of carbonyl (C=O) groups excluding carboxylic acids is 1. The molecule has 1 atom stereocenters. The summed E-state index contributed by atoms with van der Waals surface area (Å²) in [6.07, 6.45) is 3.63. The normalized spacial score (nSPS) is 20.9. The van der Waals surface area contributed by atoms with E-state index >= 15 is 0 Å². The number of aliphatic hydroxyl groups is 1. The van der Waals surface area contributed by atoms with Crippen LogP contribution in [-0.4, -0.2) is 57.5 Å². The third kappa shape index (κ3) is 5.77. The van der Waals surface area contributed by atoms with Crippen LogP contribution in [0.15, 0.2) is 36.5 Å². The van der Waals surface area contributed by atoms with E-state index < -0.39 is 5.60 Å². The number of amides is 1. The zero-order chi connectivity index (χ0) is 19.3. The SMILES string of the molecule is Cn1ccc(NC(=O)CN2CCCC(O)(COc3ccc(F)cc3)CC2)n1. The maximum atomic E-state index is 12.9. The van der Waals surface area contributed by atoms with Gasteiger partial charge >= 0.3 is 0 Å². The summed E-state index contributed by atoms with van der Waals surface area (Å²) in [5, 5.41) is 17.7. The number of hydrogen-bond acceptors (Lipinski definition) is 5. The molecule has 0 spiro atoms. The first-order chi connectivity index (χ1) is 12.9. The Labute approximate surface area is 157 Å². The predicted molar refractivity (Wildman–Crippen MR) is 99.0 cm³/mol. The van der Waals surface area contributed by atoms with Gasteiger partial charge in [-0.15, -0.1) is 0 Å². The molecule has 1 aromatic carbocycles. The molecule has 1 fully saturated rings. The fourth-order valence-corrected chi connectivity index (χ4v) is 3.15. The van der Waals surface area contributed by atoms with Crippen molar-refractivity contribution in [3.63, 3.8) is 0 Å². The van der Waals surface area contributed by atoms with Gasteiger partial charge in [0.05, 0.1) is 12.1 Å². The maximum absolute atomic E-state index is 12.9. The third-order valence-corrected chi connectivity index (χ3v) is 4.68. The van der Waals surface area contributed by atoms with Gasteiger partial charge in [0, 0.05) is 25.9 Å². The molecule has 1 saturated heterocycles. The van der Waals surface area contributed by atoms with E-state index in [1.165, 1.54) is 12.1 Å². The Bertz CT molecular complexity index is 765. The van der Waals surface area contributed by atoms with Gasteiger partial charge in [-0.2, -0.15) is 5.10 Å². The van der Waals surface area contributed by atoms with Gasteiger partial charge < -0.3 is 15.2 Å². The summed E-state index contributed by atoms with van der Waals surface area (Å²) in [7, 11) is 1.79. The molecule has 1 aliphatic rings. The molecule has 0 saturated carbocycles. The van der Waals surface area contributed by atoms with Crippen molar-refractivity contribution in [3.8, 4) is 5.75 Å². The Hall–Kier alpha value is -2.45. The van der Waals surface area contributed by atoms with Crippen molar-refractivity contribution in [1.29, 1.82) is 0 Å². The van der Waals surface area contributed by atoms with Gasteiger partial charge in [-0.1, -0.05) is 0 Å². The number of nitrogens with one attached hydrogen (secondary N) is 1. The molecule has 3 rings (SSSR count). The molecule has 1 unspecified atom stereocenters. The van der Waals surface area contributed by atoms with Crippen molar-refractivity contribution in [2.45, 2.75) is 24.9 Å². The number of anilines is 1. The molecule has 1 aromatic heterocycles. The number of aryl methyl sites for hydroxylation is 1. The van der Waals surface area contributed by atoms with Crippen molar-refractivity contribution < 1.29 is 19.0 Å². The third-order valence-electron chi connectivity index (χ3n) is 4.68. The summed E-state index contributed by atoms with van der Waals surface area (Å²) in [4.78, 5) is 14.2. The molecular weight excluding hydrogens is 351 g/mol. The minimum Gasteiger partial charge on any atom is -0.491 e. The highest BCUT2D eigenvalue weighted by Gasteiger charge is 2.31. The van der Waals surface area contributed by atoms with Crippen LogP contribution < -0.4 is 10.1 Å². The molecule has 0 aliphatic carbocycles. The summed E-state index contributed by atoms with van der Waals surface area (Å²) < 4.78 is 20.2. The number of likely N-dealkylation sites (tertiary alicyclic amines) is 1. The van der Waals surface area contributed by atoms with Crippen LogP contribution in [0, 0.1) is 5.82 Å². The molecule has 0 radical (unpaired) electrons. The van der Waals surface area contributed by atoms with Gasteiger partial charge in [-0.3, -0.25) is 14.4 Å². The average molecular weight is 376 g/mol. The smallest absolute Gasteiger partial charge is 0.239 e. The lowest BCUT2D eigenvalue weighted by molar-refractivity contribution is -0.117. The van der Waals surface area contributed by atoms with E-state index in [0.29, 0.717) is 31.0 Å². The van der Waals surface area contributed by atoms with E-state index in [1.54, 1.807) is 36.1 Å². The molecule has 27 heavy (non-hydrogen) atoms. The van der Waals surface area contributed by atoms with Gasteiger partial charge in [-0.25, -0.2) is 4.39 Å². The van der Waals surface area contributed by atoms with E-state index in [0.717, 1.165) is 13.0 Å². The maximum Gasteiger partial charge on any atom is 0.239 e. The number of ether oxygens (including phenoxy) is 1. The lowest BCUT2D eigenvalue weighted by Gasteiger charge is -2.27. The Morgan fingerprint density at radius 3 is 2.78 bits per heavy atom. The summed E-state index contributed by atoms with van der Waals surface area (Å²) in [6, 6.07) is 7.49. The molecule has 2 N–H and O–H groups in total. The Morgan fingerprint density at radius 2 is 2.07 bits per heavy atom. The monoisotopic (exact) mass is 376 g/mol. The van der Waals surface area contributed by atoms with Crippen molar-refractivity contribution in [3.05, 3.63) is 42.3 Å². The fourth-order valence-electron chi connectivity index (χ4n) is 3.15. The molecule has 1 aliphatic heterocycles. The molecular formula is C19H25FN4O3. The van der Waals surface area contributed by atoms with Crippen molar-refractivity contribution in [2.24, 2.45) is 7.05 Å². The molecule has 2 heterocycles. The highest BCUT2D eigenvalue weighted by Crippen LogP contribution is 2.24. The largest absolute Gasteiger partial charge is 0.491 e. The zero-order valence-corrected chi connectivity index (χ0v) is 15.4. The quantitative estimate of drug-likeness (QED) is 0.804. The zero-order valence-electron chi connectivity index (χ0n) is 15.4. The van der Waals surface area contributed by atoms with Gasteiger partial charge in [0.15, 0.2) is 5.82 Å².